The first kappa shape index (κ1) is 10.4. The van der Waals surface area contributed by atoms with Crippen LogP contribution in [0.4, 0.5) is 0 Å². The molecule has 0 amide bonds. The predicted octanol–water partition coefficient (Wildman–Crippen LogP) is -0.436. The third-order valence-corrected chi connectivity index (χ3v) is 0.517. The smallest absolute Gasteiger partial charge is 0.187 e. The molecule has 0 aliphatic carbocycles. The fourth-order valence-corrected chi connectivity index (χ4v) is 0.222. The van der Waals surface area contributed by atoms with Gasteiger partial charge in [-0.25, -0.2) is 9.59 Å². The van der Waals surface area contributed by atoms with Gasteiger partial charge < -0.3 is 14.2 Å². The number of rotatable bonds is 2. The van der Waals surface area contributed by atoms with E-state index in [0.29, 0.717) is 12.5 Å². The first-order chi connectivity index (χ1) is 6.41. The van der Waals surface area contributed by atoms with Gasteiger partial charge in [0.2, 0.25) is 0 Å². The molecule has 13 heavy (non-hydrogen) atoms. The summed E-state index contributed by atoms with van der Waals surface area (Å²) in [5.41, 5.74) is 0. The quantitative estimate of drug-likeness (QED) is 0.326. The van der Waals surface area contributed by atoms with Gasteiger partial charge in [0.15, 0.2) is 48.8 Å². The van der Waals surface area contributed by atoms with E-state index in [0.717, 1.165) is 0 Å². The van der Waals surface area contributed by atoms with Crippen LogP contribution in [-0.2, 0) is 23.8 Å². The van der Waals surface area contributed by atoms with Gasteiger partial charge in [0.1, 0.15) is 0 Å². The molecule has 0 spiro atoms. The Kier molecular flexibility index (Phi) is 7.55. The third-order valence-electron chi connectivity index (χ3n) is 0.517. The lowest BCUT2D eigenvalue weighted by atomic mass is 11.0. The molecule has 0 aromatic rings. The van der Waals surface area contributed by atoms with Gasteiger partial charge >= 0.3 is 0 Å². The average molecular weight is 178 g/mol. The monoisotopic (exact) mass is 178 g/mol. The Morgan fingerprint density at radius 1 is 0.769 bits per heavy atom. The van der Waals surface area contributed by atoms with Crippen molar-refractivity contribution in [3.8, 4) is 24.4 Å². The summed E-state index contributed by atoms with van der Waals surface area (Å²) in [6, 6.07) is 0. The minimum atomic E-state index is 0.704. The Morgan fingerprint density at radius 2 is 1.23 bits per heavy atom. The summed E-state index contributed by atoms with van der Waals surface area (Å²) < 4.78 is 12.6. The average Bonchev–Trinajstić information content (AvgIpc) is 2.16. The summed E-state index contributed by atoms with van der Waals surface area (Å²) in [6.45, 7) is 0. The molecule has 0 radical (unpaired) electrons. The Balaban J connectivity index is 3.60. The van der Waals surface area contributed by atoms with E-state index in [9.17, 15) is 9.59 Å². The van der Waals surface area contributed by atoms with Crippen molar-refractivity contribution in [1.82, 2.24) is 0 Å². The van der Waals surface area contributed by atoms with E-state index in [1.807, 2.05) is 24.4 Å². The second-order valence-electron chi connectivity index (χ2n) is 1.22. The first-order valence-electron chi connectivity index (χ1n) is 2.77. The van der Waals surface area contributed by atoms with Gasteiger partial charge in [-0.2, -0.15) is 0 Å². The summed E-state index contributed by atoms with van der Waals surface area (Å²) in [5, 5.41) is 0. The molecule has 0 aromatic heterocycles. The van der Waals surface area contributed by atoms with E-state index in [-0.39, 0.29) is 0 Å². The van der Waals surface area contributed by atoms with Crippen molar-refractivity contribution >= 4 is 11.9 Å². The standard InChI is InChI=1S/C8H2O5/c9-1-3-11-5-7-13-8-6-12-4-2-10/h3-4H. The van der Waals surface area contributed by atoms with Crippen LogP contribution in [0.1, 0.15) is 0 Å². The highest BCUT2D eigenvalue weighted by atomic mass is 16.5. The van der Waals surface area contributed by atoms with E-state index in [4.69, 9.17) is 0 Å². The van der Waals surface area contributed by atoms with Crippen molar-refractivity contribution in [2.24, 2.45) is 0 Å². The highest BCUT2D eigenvalue weighted by Gasteiger charge is 1.68. The van der Waals surface area contributed by atoms with E-state index in [1.165, 1.54) is 11.9 Å². The molecular weight excluding hydrogens is 176 g/mol. The molecule has 5 heteroatoms. The van der Waals surface area contributed by atoms with Crippen molar-refractivity contribution in [3.63, 3.8) is 0 Å². The number of ether oxygens (including phenoxy) is 3. The van der Waals surface area contributed by atoms with E-state index in [1.54, 1.807) is 0 Å². The summed E-state index contributed by atoms with van der Waals surface area (Å²) >= 11 is 0. The summed E-state index contributed by atoms with van der Waals surface area (Å²) in [6.07, 6.45) is 9.19. The van der Waals surface area contributed by atoms with Gasteiger partial charge in [-0.1, -0.05) is 0 Å². The number of carbonyl (C=O) groups excluding carboxylic acids is 2. The van der Waals surface area contributed by atoms with Crippen LogP contribution in [0.15, 0.2) is 12.5 Å². The maximum atomic E-state index is 9.51. The Bertz CT molecular complexity index is 313. The lowest BCUT2D eigenvalue weighted by Crippen LogP contribution is -1.72. The lowest BCUT2D eigenvalue weighted by molar-refractivity contribution is 0.400. The minimum Gasteiger partial charge on any atom is -0.401 e. The van der Waals surface area contributed by atoms with E-state index < -0.39 is 0 Å². The Morgan fingerprint density at radius 3 is 1.62 bits per heavy atom. The summed E-state index contributed by atoms with van der Waals surface area (Å²) in [5.74, 6) is 2.65. The van der Waals surface area contributed by atoms with Gasteiger partial charge in [-0.15, -0.1) is 0 Å². The second kappa shape index (κ2) is 9.42. The highest BCUT2D eigenvalue weighted by molar-refractivity contribution is 5.42. The molecule has 0 aliphatic heterocycles. The SMILES string of the molecule is O=C=COC#COC#COC=C=O. The molecule has 0 fully saturated rings. The molecule has 0 rings (SSSR count). The maximum absolute atomic E-state index is 9.51. The molecular formula is C8H2O5. The van der Waals surface area contributed by atoms with Gasteiger partial charge in [0, 0.05) is 0 Å². The van der Waals surface area contributed by atoms with Gasteiger partial charge in [0.25, 0.3) is 0 Å². The molecule has 0 unspecified atom stereocenters. The molecule has 5 nitrogen and oxygen atoms in total. The highest BCUT2D eigenvalue weighted by Crippen LogP contribution is 1.69. The molecule has 0 N–H and O–H groups in total. The maximum Gasteiger partial charge on any atom is 0.187 e. The number of hydrogen-bond acceptors (Lipinski definition) is 5. The Hall–Kier alpha value is -2.58. The van der Waals surface area contributed by atoms with E-state index >= 15 is 0 Å². The van der Waals surface area contributed by atoms with Crippen LogP contribution in [-0.4, -0.2) is 11.9 Å². The van der Waals surface area contributed by atoms with Crippen LogP contribution < -0.4 is 0 Å². The van der Waals surface area contributed by atoms with Crippen molar-refractivity contribution in [3.05, 3.63) is 12.5 Å². The minimum absolute atomic E-state index is 0.704. The fraction of sp³-hybridized carbons (Fsp3) is 0. The molecule has 0 saturated heterocycles. The normalized spacial score (nSPS) is 5.23. The van der Waals surface area contributed by atoms with Gasteiger partial charge in [-0.3, -0.25) is 0 Å². The molecule has 0 heterocycles. The van der Waals surface area contributed by atoms with Crippen LogP contribution in [0.5, 0.6) is 0 Å². The summed E-state index contributed by atoms with van der Waals surface area (Å²) in [4.78, 5) is 19.0. The molecule has 64 valence electrons. The summed E-state index contributed by atoms with van der Waals surface area (Å²) in [7, 11) is 0. The van der Waals surface area contributed by atoms with Crippen molar-refractivity contribution in [2.45, 2.75) is 0 Å². The zero-order valence-corrected chi connectivity index (χ0v) is 6.20. The molecule has 0 bridgehead atoms. The lowest BCUT2D eigenvalue weighted by Gasteiger charge is -1.77. The second-order valence-corrected chi connectivity index (χ2v) is 1.22. The predicted molar refractivity (Wildman–Crippen MR) is 39.3 cm³/mol. The molecule has 0 aliphatic rings. The largest absolute Gasteiger partial charge is 0.401 e. The van der Waals surface area contributed by atoms with E-state index in [2.05, 4.69) is 14.2 Å². The van der Waals surface area contributed by atoms with Crippen LogP contribution in [0.2, 0.25) is 0 Å². The molecule has 0 atom stereocenters. The molecule has 0 saturated carbocycles. The van der Waals surface area contributed by atoms with Gasteiger partial charge in [0.05, 0.1) is 0 Å². The van der Waals surface area contributed by atoms with Crippen LogP contribution in [0, 0.1) is 24.4 Å². The zero-order valence-electron chi connectivity index (χ0n) is 6.20. The third kappa shape index (κ3) is 9.42. The number of hydrogen-bond donors (Lipinski definition) is 0. The van der Waals surface area contributed by atoms with Crippen LogP contribution in [0.3, 0.4) is 0 Å². The molecule has 0 aromatic carbocycles. The van der Waals surface area contributed by atoms with Crippen LogP contribution in [0.25, 0.3) is 0 Å². The zero-order chi connectivity index (χ0) is 9.78. The van der Waals surface area contributed by atoms with Crippen molar-refractivity contribution in [2.75, 3.05) is 0 Å². The van der Waals surface area contributed by atoms with Crippen LogP contribution >= 0.6 is 0 Å². The fourth-order valence-electron chi connectivity index (χ4n) is 0.222. The first-order valence-corrected chi connectivity index (χ1v) is 2.77. The van der Waals surface area contributed by atoms with Crippen molar-refractivity contribution < 1.29 is 23.8 Å². The topological polar surface area (TPSA) is 61.8 Å². The van der Waals surface area contributed by atoms with Gasteiger partial charge in [-0.05, 0) is 0 Å². The van der Waals surface area contributed by atoms with Crippen molar-refractivity contribution in [1.29, 1.82) is 0 Å². The Labute approximate surface area is 73.6 Å².